The van der Waals surface area contributed by atoms with E-state index in [9.17, 15) is 0 Å². The van der Waals surface area contributed by atoms with Gasteiger partial charge in [-0.1, -0.05) is 188 Å². The summed E-state index contributed by atoms with van der Waals surface area (Å²) in [6.07, 6.45) is 0. The SMILES string of the molecule is [2H]c1c([2H])c([2H])c2c(-c3ccc(N(c4ccc(-c5ccc(-c6ccccc6)c(-c6ccccc6)c5)cc4)c4cccc(-c5cccc6c5oc5ccccc56)c4)cc3)c([2H])c([2H])c([2H])c2c1[2H]. The molecule has 0 atom stereocenters. The van der Waals surface area contributed by atoms with Gasteiger partial charge in [0.25, 0.3) is 0 Å². The summed E-state index contributed by atoms with van der Waals surface area (Å²) in [5.41, 5.74) is 13.5. The van der Waals surface area contributed by atoms with Crippen LogP contribution in [-0.2, 0) is 0 Å². The van der Waals surface area contributed by atoms with Crippen LogP contribution in [0.1, 0.15) is 9.60 Å². The molecule has 0 N–H and O–H groups in total. The van der Waals surface area contributed by atoms with E-state index in [4.69, 9.17) is 14.0 Å². The molecular weight excluding hydrogens is 727 g/mol. The van der Waals surface area contributed by atoms with E-state index in [1.165, 1.54) is 0 Å². The number of para-hydroxylation sites is 2. The van der Waals surface area contributed by atoms with Crippen LogP contribution in [-0.4, -0.2) is 0 Å². The molecule has 60 heavy (non-hydrogen) atoms. The third-order valence-electron chi connectivity index (χ3n) is 11.2. The fraction of sp³-hybridized carbons (Fsp3) is 0. The van der Waals surface area contributed by atoms with E-state index in [1.54, 1.807) is 0 Å². The van der Waals surface area contributed by atoms with Crippen molar-refractivity contribution in [1.82, 2.24) is 0 Å². The highest BCUT2D eigenvalue weighted by molar-refractivity contribution is 6.09. The number of anilines is 3. The second kappa shape index (κ2) is 15.1. The third kappa shape index (κ3) is 6.41. The van der Waals surface area contributed by atoms with E-state index in [2.05, 4.69) is 138 Å². The van der Waals surface area contributed by atoms with Crippen LogP contribution in [0.4, 0.5) is 17.1 Å². The Morgan fingerprint density at radius 2 is 0.933 bits per heavy atom. The number of nitrogens with zero attached hydrogens (tertiary/aromatic N) is 1. The molecule has 1 aromatic heterocycles. The van der Waals surface area contributed by atoms with Crippen molar-refractivity contribution in [3.05, 3.63) is 236 Å². The Hall–Kier alpha value is -7.94. The first-order valence-electron chi connectivity index (χ1n) is 23.4. The van der Waals surface area contributed by atoms with Gasteiger partial charge in [0.2, 0.25) is 0 Å². The van der Waals surface area contributed by atoms with Gasteiger partial charge in [-0.25, -0.2) is 0 Å². The normalized spacial score (nSPS) is 13.0. The smallest absolute Gasteiger partial charge is 0.143 e. The second-order valence-corrected chi connectivity index (χ2v) is 14.8. The van der Waals surface area contributed by atoms with Gasteiger partial charge in [-0.2, -0.15) is 0 Å². The highest BCUT2D eigenvalue weighted by atomic mass is 16.3. The van der Waals surface area contributed by atoms with Gasteiger partial charge in [-0.15, -0.1) is 0 Å². The van der Waals surface area contributed by atoms with E-state index in [0.29, 0.717) is 5.56 Å². The average molecular weight is 773 g/mol. The molecule has 0 saturated heterocycles. The Balaban J connectivity index is 1.05. The Kier molecular flexibility index (Phi) is 7.16. The van der Waals surface area contributed by atoms with Gasteiger partial charge in [-0.05, 0) is 109 Å². The maximum Gasteiger partial charge on any atom is 0.143 e. The molecule has 1 heterocycles. The molecule has 0 fully saturated rings. The quantitative estimate of drug-likeness (QED) is 0.153. The van der Waals surface area contributed by atoms with Crippen molar-refractivity contribution in [2.24, 2.45) is 0 Å². The average Bonchev–Trinajstić information content (AvgIpc) is 3.77. The first kappa shape index (κ1) is 28.5. The van der Waals surface area contributed by atoms with Crippen molar-refractivity contribution in [2.45, 2.75) is 0 Å². The lowest BCUT2D eigenvalue weighted by Crippen LogP contribution is -2.10. The highest BCUT2D eigenvalue weighted by Gasteiger charge is 2.18. The Labute approximate surface area is 359 Å². The van der Waals surface area contributed by atoms with Crippen molar-refractivity contribution in [1.29, 1.82) is 0 Å². The molecule has 0 bridgehead atoms. The summed E-state index contributed by atoms with van der Waals surface area (Å²) in [6.45, 7) is 0. The van der Waals surface area contributed by atoms with Crippen LogP contribution in [0.3, 0.4) is 0 Å². The van der Waals surface area contributed by atoms with Crippen molar-refractivity contribution in [2.75, 3.05) is 4.90 Å². The summed E-state index contributed by atoms with van der Waals surface area (Å²) in [6, 6.07) is 63.2. The Bertz CT molecular complexity index is 3690. The van der Waals surface area contributed by atoms with Crippen LogP contribution >= 0.6 is 0 Å². The molecule has 0 radical (unpaired) electrons. The van der Waals surface area contributed by atoms with Crippen LogP contribution in [0.5, 0.6) is 0 Å². The molecular formula is C58H39NO. The van der Waals surface area contributed by atoms with Crippen LogP contribution in [0.25, 0.3) is 88.3 Å². The largest absolute Gasteiger partial charge is 0.455 e. The van der Waals surface area contributed by atoms with Gasteiger partial charge < -0.3 is 9.32 Å². The molecule has 11 aromatic rings. The molecule has 0 aliphatic rings. The first-order valence-corrected chi connectivity index (χ1v) is 19.9. The Morgan fingerprint density at radius 1 is 0.333 bits per heavy atom. The minimum Gasteiger partial charge on any atom is -0.455 e. The molecule has 0 saturated carbocycles. The molecule has 2 nitrogen and oxygen atoms in total. The molecule has 0 spiro atoms. The van der Waals surface area contributed by atoms with E-state index in [-0.39, 0.29) is 28.4 Å². The lowest BCUT2D eigenvalue weighted by Gasteiger charge is -2.26. The summed E-state index contributed by atoms with van der Waals surface area (Å²) in [7, 11) is 0. The topological polar surface area (TPSA) is 16.4 Å². The highest BCUT2D eigenvalue weighted by Crippen LogP contribution is 2.42. The van der Waals surface area contributed by atoms with Gasteiger partial charge in [0.15, 0.2) is 0 Å². The molecule has 2 heteroatoms. The Morgan fingerprint density at radius 3 is 1.72 bits per heavy atom. The summed E-state index contributed by atoms with van der Waals surface area (Å²) in [4.78, 5) is 2.15. The summed E-state index contributed by atoms with van der Waals surface area (Å²) >= 11 is 0. The predicted octanol–water partition coefficient (Wildman–Crippen LogP) is 16.5. The minimum absolute atomic E-state index is 0.0527. The molecule has 0 unspecified atom stereocenters. The standard InChI is InChI=1S/C58H39NO/c1-3-14-41(15-4-1)52-37-32-45(39-56(52)43-16-5-2-6-17-43)40-28-33-47(34-29-40)59(48-35-30-44(31-36-48)51-24-12-19-42-18-7-8-22-50(42)51)49-21-11-20-46(38-49)53-25-13-26-55-54-23-9-10-27-57(54)60-58(53)55/h1-39H/i7D,8D,12D,18D,19D,22D,24D. The number of furan rings is 1. The van der Waals surface area contributed by atoms with Gasteiger partial charge in [0.1, 0.15) is 11.2 Å². The molecule has 0 aliphatic carbocycles. The van der Waals surface area contributed by atoms with Crippen molar-refractivity contribution >= 4 is 49.8 Å². The van der Waals surface area contributed by atoms with Gasteiger partial charge in [0.05, 0.1) is 9.60 Å². The third-order valence-corrected chi connectivity index (χ3v) is 11.2. The lowest BCUT2D eigenvalue weighted by molar-refractivity contribution is 0.670. The number of hydrogen-bond donors (Lipinski definition) is 0. The molecule has 0 aliphatic heterocycles. The van der Waals surface area contributed by atoms with Gasteiger partial charge >= 0.3 is 0 Å². The summed E-state index contributed by atoms with van der Waals surface area (Å²) < 4.78 is 66.9. The maximum atomic E-state index is 8.98. The van der Waals surface area contributed by atoms with E-state index in [0.717, 1.165) is 83.5 Å². The lowest BCUT2D eigenvalue weighted by atomic mass is 9.91. The molecule has 10 aromatic carbocycles. The van der Waals surface area contributed by atoms with Crippen LogP contribution in [0.15, 0.2) is 241 Å². The van der Waals surface area contributed by atoms with Crippen molar-refractivity contribution in [3.8, 4) is 55.6 Å². The fourth-order valence-electron chi connectivity index (χ4n) is 8.29. The van der Waals surface area contributed by atoms with Crippen LogP contribution < -0.4 is 4.90 Å². The zero-order valence-electron chi connectivity index (χ0n) is 39.3. The van der Waals surface area contributed by atoms with Crippen LogP contribution in [0, 0.1) is 0 Å². The monoisotopic (exact) mass is 772 g/mol. The maximum absolute atomic E-state index is 8.98. The molecule has 0 amide bonds. The van der Waals surface area contributed by atoms with E-state index in [1.807, 2.05) is 60.7 Å². The molecule has 282 valence electrons. The number of hydrogen-bond acceptors (Lipinski definition) is 2. The number of rotatable bonds is 8. The zero-order valence-corrected chi connectivity index (χ0v) is 32.3. The van der Waals surface area contributed by atoms with Crippen molar-refractivity contribution < 1.29 is 14.0 Å². The predicted molar refractivity (Wildman–Crippen MR) is 253 cm³/mol. The van der Waals surface area contributed by atoms with Crippen LogP contribution in [0.2, 0.25) is 0 Å². The van der Waals surface area contributed by atoms with Gasteiger partial charge in [0, 0.05) is 33.4 Å². The number of benzene rings is 10. The number of fused-ring (bicyclic) bond motifs is 4. The zero-order chi connectivity index (χ0) is 45.9. The summed E-state index contributed by atoms with van der Waals surface area (Å²) in [5, 5.41) is 2.07. The van der Waals surface area contributed by atoms with E-state index >= 15 is 0 Å². The van der Waals surface area contributed by atoms with Gasteiger partial charge in [-0.3, -0.25) is 0 Å². The second-order valence-electron chi connectivity index (χ2n) is 14.8. The molecule has 11 rings (SSSR count). The fourth-order valence-corrected chi connectivity index (χ4v) is 8.29. The minimum atomic E-state index is -0.481. The summed E-state index contributed by atoms with van der Waals surface area (Å²) in [5.74, 6) is 0. The van der Waals surface area contributed by atoms with E-state index < -0.39 is 30.2 Å². The first-order chi connectivity index (χ1) is 32.7. The van der Waals surface area contributed by atoms with Crippen molar-refractivity contribution in [3.63, 3.8) is 0 Å².